The second kappa shape index (κ2) is 3.76. The van der Waals surface area contributed by atoms with Gasteiger partial charge in [-0.05, 0) is 0 Å². The molecule has 0 spiro atoms. The maximum absolute atomic E-state index is 11.7. The smallest absolute Gasteiger partial charge is 0.292 e. The lowest BCUT2D eigenvalue weighted by atomic mass is 10.2. The number of hydrogen-bond donors (Lipinski definition) is 0. The molecule has 0 saturated carbocycles. The maximum Gasteiger partial charge on any atom is 0.345 e. The number of aromatic nitrogens is 5. The number of carbonyl (C=O) groups is 1. The van der Waals surface area contributed by atoms with Gasteiger partial charge in [0, 0.05) is 20.3 Å². The fraction of sp³-hybridized carbons (Fsp3) is 0.333. The van der Waals surface area contributed by atoms with Gasteiger partial charge in [0.05, 0.1) is 18.3 Å². The fourth-order valence-electron chi connectivity index (χ4n) is 1.34. The molecule has 0 aliphatic carbocycles. The molecule has 0 aromatic carbocycles. The first kappa shape index (κ1) is 10.3. The van der Waals surface area contributed by atoms with Gasteiger partial charge in [-0.2, -0.15) is 10.2 Å². The molecule has 0 atom stereocenters. The molecular formula is C9H11N5O2. The molecule has 0 fully saturated rings. The molecule has 7 heteroatoms. The van der Waals surface area contributed by atoms with E-state index in [1.807, 2.05) is 0 Å². The molecule has 2 aromatic heterocycles. The third kappa shape index (κ3) is 1.79. The van der Waals surface area contributed by atoms with Gasteiger partial charge in [-0.25, -0.2) is 9.48 Å². The minimum Gasteiger partial charge on any atom is -0.292 e. The minimum absolute atomic E-state index is 0.0155. The summed E-state index contributed by atoms with van der Waals surface area (Å²) in [5, 5.41) is 7.66. The quantitative estimate of drug-likeness (QED) is 0.636. The van der Waals surface area contributed by atoms with Gasteiger partial charge >= 0.3 is 5.69 Å². The van der Waals surface area contributed by atoms with Crippen molar-refractivity contribution in [2.24, 2.45) is 14.1 Å². The number of ketones is 1. The molecule has 0 radical (unpaired) electrons. The van der Waals surface area contributed by atoms with Crippen molar-refractivity contribution in [2.75, 3.05) is 0 Å². The van der Waals surface area contributed by atoms with E-state index in [1.54, 1.807) is 17.9 Å². The summed E-state index contributed by atoms with van der Waals surface area (Å²) in [7, 11) is 3.26. The van der Waals surface area contributed by atoms with E-state index in [4.69, 9.17) is 0 Å². The van der Waals surface area contributed by atoms with Crippen LogP contribution in [0.25, 0.3) is 0 Å². The molecule has 0 unspecified atom stereocenters. The zero-order valence-electron chi connectivity index (χ0n) is 8.99. The Morgan fingerprint density at radius 1 is 1.38 bits per heavy atom. The Labute approximate surface area is 90.9 Å². The van der Waals surface area contributed by atoms with Crippen LogP contribution in [0.15, 0.2) is 23.5 Å². The highest BCUT2D eigenvalue weighted by Gasteiger charge is 2.11. The molecule has 16 heavy (non-hydrogen) atoms. The molecular weight excluding hydrogens is 210 g/mol. The van der Waals surface area contributed by atoms with Crippen LogP contribution in [-0.2, 0) is 20.6 Å². The highest BCUT2D eigenvalue weighted by atomic mass is 16.2. The first-order chi connectivity index (χ1) is 7.58. The summed E-state index contributed by atoms with van der Waals surface area (Å²) < 4.78 is 3.98. The molecule has 0 N–H and O–H groups in total. The summed E-state index contributed by atoms with van der Waals surface area (Å²) in [4.78, 5) is 23.2. The van der Waals surface area contributed by atoms with Crippen LogP contribution < -0.4 is 5.69 Å². The topological polar surface area (TPSA) is 74.7 Å². The predicted octanol–water partition coefficient (Wildman–Crippen LogP) is -0.802. The molecule has 0 aliphatic rings. The molecule has 84 valence electrons. The number of nitrogens with zero attached hydrogens (tertiary/aromatic N) is 5. The van der Waals surface area contributed by atoms with Crippen molar-refractivity contribution in [2.45, 2.75) is 6.54 Å². The van der Waals surface area contributed by atoms with E-state index in [9.17, 15) is 9.59 Å². The van der Waals surface area contributed by atoms with Crippen LogP contribution in [0.4, 0.5) is 0 Å². The van der Waals surface area contributed by atoms with Gasteiger partial charge in [-0.1, -0.05) is 0 Å². The SMILES string of the molecule is Cn1cc(C(=O)Cn2cnn(C)c2=O)cn1. The van der Waals surface area contributed by atoms with Crippen LogP contribution in [0, 0.1) is 0 Å². The van der Waals surface area contributed by atoms with Gasteiger partial charge in [0.1, 0.15) is 6.33 Å². The normalized spacial score (nSPS) is 10.6. The molecule has 2 heterocycles. The van der Waals surface area contributed by atoms with E-state index in [-0.39, 0.29) is 18.0 Å². The standard InChI is InChI=1S/C9H11N5O2/c1-12-4-7(3-10-12)8(15)5-14-6-11-13(2)9(14)16/h3-4,6H,5H2,1-2H3. The van der Waals surface area contributed by atoms with Gasteiger partial charge < -0.3 is 0 Å². The van der Waals surface area contributed by atoms with Gasteiger partial charge in [0.15, 0.2) is 5.78 Å². The lowest BCUT2D eigenvalue weighted by Gasteiger charge is -1.96. The van der Waals surface area contributed by atoms with E-state index in [0.717, 1.165) is 0 Å². The average Bonchev–Trinajstić information content (AvgIpc) is 2.79. The predicted molar refractivity (Wildman–Crippen MR) is 55.0 cm³/mol. The number of carbonyl (C=O) groups excluding carboxylic acids is 1. The monoisotopic (exact) mass is 221 g/mol. The Bertz CT molecular complexity index is 577. The van der Waals surface area contributed by atoms with Crippen molar-refractivity contribution >= 4 is 5.78 Å². The third-order valence-corrected chi connectivity index (χ3v) is 2.23. The van der Waals surface area contributed by atoms with Crippen LogP contribution in [-0.4, -0.2) is 29.9 Å². The zero-order chi connectivity index (χ0) is 11.7. The van der Waals surface area contributed by atoms with E-state index in [0.29, 0.717) is 5.56 Å². The second-order valence-electron chi connectivity index (χ2n) is 3.49. The van der Waals surface area contributed by atoms with Crippen molar-refractivity contribution in [3.8, 4) is 0 Å². The lowest BCUT2D eigenvalue weighted by Crippen LogP contribution is -2.25. The van der Waals surface area contributed by atoms with Gasteiger partial charge in [0.2, 0.25) is 0 Å². The number of rotatable bonds is 3. The van der Waals surface area contributed by atoms with Gasteiger partial charge in [0.25, 0.3) is 0 Å². The first-order valence-corrected chi connectivity index (χ1v) is 4.68. The summed E-state index contributed by atoms with van der Waals surface area (Å²) >= 11 is 0. The highest BCUT2D eigenvalue weighted by Crippen LogP contribution is 1.99. The Balaban J connectivity index is 2.20. The molecule has 0 aliphatic heterocycles. The third-order valence-electron chi connectivity index (χ3n) is 2.23. The number of hydrogen-bond acceptors (Lipinski definition) is 4. The van der Waals surface area contributed by atoms with Crippen LogP contribution >= 0.6 is 0 Å². The summed E-state index contributed by atoms with van der Waals surface area (Å²) in [6.07, 6.45) is 4.43. The van der Waals surface area contributed by atoms with Crippen molar-refractivity contribution in [3.63, 3.8) is 0 Å². The molecule has 2 aromatic rings. The van der Waals surface area contributed by atoms with E-state index in [1.165, 1.54) is 28.8 Å². The maximum atomic E-state index is 11.7. The van der Waals surface area contributed by atoms with Crippen molar-refractivity contribution < 1.29 is 4.79 Å². The Morgan fingerprint density at radius 2 is 2.12 bits per heavy atom. The van der Waals surface area contributed by atoms with Crippen LogP contribution in [0.5, 0.6) is 0 Å². The Hall–Kier alpha value is -2.18. The van der Waals surface area contributed by atoms with E-state index in [2.05, 4.69) is 10.2 Å². The van der Waals surface area contributed by atoms with Gasteiger partial charge in [-0.15, -0.1) is 0 Å². The van der Waals surface area contributed by atoms with Crippen molar-refractivity contribution in [1.82, 2.24) is 24.1 Å². The molecule has 0 amide bonds. The number of Topliss-reactive ketones (excluding diaryl/α,β-unsaturated/α-hetero) is 1. The van der Waals surface area contributed by atoms with Crippen LogP contribution in [0.3, 0.4) is 0 Å². The summed E-state index contributed by atoms with van der Waals surface area (Å²) in [6, 6.07) is 0. The molecule has 0 bridgehead atoms. The van der Waals surface area contributed by atoms with E-state index >= 15 is 0 Å². The van der Waals surface area contributed by atoms with Crippen molar-refractivity contribution in [1.29, 1.82) is 0 Å². The van der Waals surface area contributed by atoms with Crippen molar-refractivity contribution in [3.05, 3.63) is 34.8 Å². The lowest BCUT2D eigenvalue weighted by molar-refractivity contribution is 0.0970. The first-order valence-electron chi connectivity index (χ1n) is 4.68. The van der Waals surface area contributed by atoms with E-state index < -0.39 is 0 Å². The summed E-state index contributed by atoms with van der Waals surface area (Å²) in [6.45, 7) is -0.0155. The molecule has 2 rings (SSSR count). The Kier molecular flexibility index (Phi) is 2.43. The summed E-state index contributed by atoms with van der Waals surface area (Å²) in [5.74, 6) is -0.164. The van der Waals surface area contributed by atoms with Gasteiger partial charge in [-0.3, -0.25) is 14.0 Å². The average molecular weight is 221 g/mol. The highest BCUT2D eigenvalue weighted by molar-refractivity contribution is 5.95. The number of aryl methyl sites for hydroxylation is 2. The minimum atomic E-state index is -0.308. The second-order valence-corrected chi connectivity index (χ2v) is 3.49. The largest absolute Gasteiger partial charge is 0.345 e. The van der Waals surface area contributed by atoms with Crippen LogP contribution in [0.1, 0.15) is 10.4 Å². The van der Waals surface area contributed by atoms with Crippen LogP contribution in [0.2, 0.25) is 0 Å². The Morgan fingerprint density at radius 3 is 2.62 bits per heavy atom. The molecule has 7 nitrogen and oxygen atoms in total. The zero-order valence-corrected chi connectivity index (χ0v) is 8.99. The summed E-state index contributed by atoms with van der Waals surface area (Å²) in [5.41, 5.74) is 0.176. The fourth-order valence-corrected chi connectivity index (χ4v) is 1.34. The molecule has 0 saturated heterocycles.